The second-order valence-corrected chi connectivity index (χ2v) is 6.31. The Morgan fingerprint density at radius 2 is 1.93 bits per heavy atom. The highest BCUT2D eigenvalue weighted by Crippen LogP contribution is 2.31. The molecule has 1 saturated heterocycles. The Labute approximate surface area is 153 Å². The zero-order valence-corrected chi connectivity index (χ0v) is 14.3. The Kier molecular flexibility index (Phi) is 5.15. The van der Waals surface area contributed by atoms with Crippen molar-refractivity contribution in [2.45, 2.75) is 24.6 Å². The molecule has 0 atom stereocenters. The average Bonchev–Trinajstić information content (AvgIpc) is 3.21. The van der Waals surface area contributed by atoms with Crippen LogP contribution in [0.1, 0.15) is 23.2 Å². The van der Waals surface area contributed by atoms with Gasteiger partial charge in [0.05, 0.1) is 5.56 Å². The van der Waals surface area contributed by atoms with Crippen molar-refractivity contribution in [3.05, 3.63) is 48.5 Å². The molecule has 144 valence electrons. The standard InChI is InChI=1S/C17H18F3N5O2/c18-17(19,20)12-22-15(27)16(25-8-2-7-23-25)4-9-24(10-5-16)14(26)13-3-1-6-21-11-13/h1-3,6-8,11H,4-5,9-10,12H2,(H,22,27). The van der Waals surface area contributed by atoms with E-state index in [4.69, 9.17) is 0 Å². The fourth-order valence-corrected chi connectivity index (χ4v) is 3.18. The molecule has 0 bridgehead atoms. The van der Waals surface area contributed by atoms with Crippen LogP contribution in [0.2, 0.25) is 0 Å². The summed E-state index contributed by atoms with van der Waals surface area (Å²) in [6, 6.07) is 4.89. The monoisotopic (exact) mass is 381 g/mol. The first kappa shape index (κ1) is 18.9. The second kappa shape index (κ2) is 7.37. The molecule has 2 aromatic rings. The van der Waals surface area contributed by atoms with Crippen LogP contribution in [0.15, 0.2) is 43.0 Å². The third-order valence-electron chi connectivity index (χ3n) is 4.60. The van der Waals surface area contributed by atoms with E-state index in [0.717, 1.165) is 0 Å². The molecule has 0 spiro atoms. The number of carbonyl (C=O) groups is 2. The first-order valence-corrected chi connectivity index (χ1v) is 8.36. The van der Waals surface area contributed by atoms with Crippen molar-refractivity contribution in [1.29, 1.82) is 0 Å². The summed E-state index contributed by atoms with van der Waals surface area (Å²) in [6.45, 7) is -0.979. The molecule has 10 heteroatoms. The van der Waals surface area contributed by atoms with Gasteiger partial charge in [-0.15, -0.1) is 0 Å². The van der Waals surface area contributed by atoms with Gasteiger partial charge < -0.3 is 10.2 Å². The van der Waals surface area contributed by atoms with Gasteiger partial charge in [0, 0.05) is 37.9 Å². The molecule has 0 radical (unpaired) electrons. The molecule has 2 aromatic heterocycles. The minimum atomic E-state index is -4.50. The number of nitrogens with zero attached hydrogens (tertiary/aromatic N) is 4. The molecule has 7 nitrogen and oxygen atoms in total. The Morgan fingerprint density at radius 1 is 1.19 bits per heavy atom. The molecule has 0 aliphatic carbocycles. The third kappa shape index (κ3) is 4.09. The summed E-state index contributed by atoms with van der Waals surface area (Å²) in [5.74, 6) is -0.982. The van der Waals surface area contributed by atoms with Crippen LogP contribution in [0.5, 0.6) is 0 Å². The number of rotatable bonds is 4. The van der Waals surface area contributed by atoms with Gasteiger partial charge in [-0.25, -0.2) is 0 Å². The Hall–Kier alpha value is -2.91. The molecule has 1 fully saturated rings. The fraction of sp³-hybridized carbons (Fsp3) is 0.412. The molecule has 3 heterocycles. The van der Waals surface area contributed by atoms with E-state index in [9.17, 15) is 22.8 Å². The maximum atomic E-state index is 12.6. The fourth-order valence-electron chi connectivity index (χ4n) is 3.18. The molecule has 3 rings (SSSR count). The van der Waals surface area contributed by atoms with E-state index in [1.807, 2.05) is 5.32 Å². The van der Waals surface area contributed by atoms with Gasteiger partial charge in [0.1, 0.15) is 12.1 Å². The average molecular weight is 381 g/mol. The van der Waals surface area contributed by atoms with Crippen molar-refractivity contribution in [3.8, 4) is 0 Å². The van der Waals surface area contributed by atoms with Crippen molar-refractivity contribution < 1.29 is 22.8 Å². The largest absolute Gasteiger partial charge is 0.405 e. The molecular formula is C17H18F3N5O2. The van der Waals surface area contributed by atoms with Crippen LogP contribution in [0, 0.1) is 0 Å². The number of carbonyl (C=O) groups excluding carboxylic acids is 2. The van der Waals surface area contributed by atoms with Gasteiger partial charge >= 0.3 is 6.18 Å². The molecule has 2 amide bonds. The van der Waals surface area contributed by atoms with E-state index in [0.29, 0.717) is 5.56 Å². The molecule has 1 aliphatic rings. The lowest BCUT2D eigenvalue weighted by atomic mass is 9.86. The van der Waals surface area contributed by atoms with Gasteiger partial charge in [-0.2, -0.15) is 18.3 Å². The van der Waals surface area contributed by atoms with Crippen LogP contribution in [0.4, 0.5) is 13.2 Å². The first-order chi connectivity index (χ1) is 12.8. The SMILES string of the molecule is O=C(c1cccnc1)N1CCC(C(=O)NCC(F)(F)F)(n2cccn2)CC1. The van der Waals surface area contributed by atoms with E-state index in [2.05, 4.69) is 10.1 Å². The molecule has 1 N–H and O–H groups in total. The number of amides is 2. The molecule has 1 aliphatic heterocycles. The summed E-state index contributed by atoms with van der Waals surface area (Å²) >= 11 is 0. The lowest BCUT2D eigenvalue weighted by molar-refractivity contribution is -0.146. The van der Waals surface area contributed by atoms with Gasteiger partial charge in [-0.1, -0.05) is 0 Å². The van der Waals surface area contributed by atoms with Gasteiger partial charge in [0.2, 0.25) is 5.91 Å². The maximum Gasteiger partial charge on any atom is 0.405 e. The molecule has 27 heavy (non-hydrogen) atoms. The first-order valence-electron chi connectivity index (χ1n) is 8.36. The number of likely N-dealkylation sites (tertiary alicyclic amines) is 1. The highest BCUT2D eigenvalue weighted by Gasteiger charge is 2.45. The van der Waals surface area contributed by atoms with Crippen LogP contribution in [-0.4, -0.2) is 57.3 Å². The van der Waals surface area contributed by atoms with Crippen molar-refractivity contribution in [2.24, 2.45) is 0 Å². The minimum Gasteiger partial charge on any atom is -0.345 e. The third-order valence-corrected chi connectivity index (χ3v) is 4.60. The summed E-state index contributed by atoms with van der Waals surface area (Å²) in [7, 11) is 0. The second-order valence-electron chi connectivity index (χ2n) is 6.31. The van der Waals surface area contributed by atoms with Crippen molar-refractivity contribution in [1.82, 2.24) is 25.0 Å². The Balaban J connectivity index is 1.75. The van der Waals surface area contributed by atoms with Gasteiger partial charge in [0.15, 0.2) is 0 Å². The van der Waals surface area contributed by atoms with E-state index >= 15 is 0 Å². The predicted octanol–water partition coefficient (Wildman–Crippen LogP) is 1.59. The van der Waals surface area contributed by atoms with E-state index < -0.39 is 24.2 Å². The van der Waals surface area contributed by atoms with Gasteiger partial charge in [-0.05, 0) is 31.0 Å². The smallest absolute Gasteiger partial charge is 0.345 e. The van der Waals surface area contributed by atoms with Gasteiger partial charge in [0.25, 0.3) is 5.91 Å². The van der Waals surface area contributed by atoms with Crippen LogP contribution >= 0.6 is 0 Å². The van der Waals surface area contributed by atoms with Crippen LogP contribution < -0.4 is 5.32 Å². The summed E-state index contributed by atoms with van der Waals surface area (Å²) < 4.78 is 38.9. The quantitative estimate of drug-likeness (QED) is 0.872. The van der Waals surface area contributed by atoms with Crippen molar-refractivity contribution in [3.63, 3.8) is 0 Å². The van der Waals surface area contributed by atoms with Gasteiger partial charge in [-0.3, -0.25) is 19.3 Å². The number of piperidine rings is 1. The van der Waals surface area contributed by atoms with Crippen molar-refractivity contribution >= 4 is 11.8 Å². The predicted molar refractivity (Wildman–Crippen MR) is 88.6 cm³/mol. The topological polar surface area (TPSA) is 80.1 Å². The lowest BCUT2D eigenvalue weighted by Crippen LogP contribution is -2.57. The molecule has 0 saturated carbocycles. The van der Waals surface area contributed by atoms with Crippen LogP contribution in [0.3, 0.4) is 0 Å². The molecule has 0 unspecified atom stereocenters. The number of pyridine rings is 1. The highest BCUT2D eigenvalue weighted by molar-refractivity contribution is 5.94. The van der Waals surface area contributed by atoms with Crippen molar-refractivity contribution in [2.75, 3.05) is 19.6 Å². The summed E-state index contributed by atoms with van der Waals surface area (Å²) in [4.78, 5) is 30.6. The number of halogens is 3. The van der Waals surface area contributed by atoms with Crippen LogP contribution in [-0.2, 0) is 10.3 Å². The summed E-state index contributed by atoms with van der Waals surface area (Å²) in [6.07, 6.45) is 1.83. The van der Waals surface area contributed by atoms with Crippen LogP contribution in [0.25, 0.3) is 0 Å². The maximum absolute atomic E-state index is 12.6. The van der Waals surface area contributed by atoms with E-state index in [-0.39, 0.29) is 31.8 Å². The summed E-state index contributed by atoms with van der Waals surface area (Å²) in [5.41, 5.74) is -0.842. The van der Waals surface area contributed by atoms with E-state index in [1.54, 1.807) is 35.5 Å². The van der Waals surface area contributed by atoms with E-state index in [1.165, 1.54) is 17.1 Å². The normalized spacial score (nSPS) is 16.8. The minimum absolute atomic E-state index is 0.157. The highest BCUT2D eigenvalue weighted by atomic mass is 19.4. The molecule has 0 aromatic carbocycles. The number of hydrogen-bond donors (Lipinski definition) is 1. The zero-order chi connectivity index (χ0) is 19.5. The number of alkyl halides is 3. The number of nitrogens with one attached hydrogen (secondary N) is 1. The number of aromatic nitrogens is 3. The Bertz CT molecular complexity index is 785. The Morgan fingerprint density at radius 3 is 2.48 bits per heavy atom. The number of hydrogen-bond acceptors (Lipinski definition) is 4. The zero-order valence-electron chi connectivity index (χ0n) is 14.3. The summed E-state index contributed by atoms with van der Waals surface area (Å²) in [5, 5.41) is 6.03. The lowest BCUT2D eigenvalue weighted by Gasteiger charge is -2.40. The molecular weight excluding hydrogens is 363 g/mol.